The standard InChI is InChI=1S/C27H34ClN5O3/c1-16(2)26(34)33-14-18-11-21(12-19(18)15-33)36-27-29-23-13-22(28)24(30-25(23)31-27)17-3-5-20(6-4-17)32-7-9-35-10-8-32/h3-6,13,16,18-19,21,26,34H,7-12,14-15H2,1-2H3,(H,29,30,31)/t18-,19+,21?,26?. The third-order valence-electron chi connectivity index (χ3n) is 7.91. The molecule has 0 amide bonds. The van der Waals surface area contributed by atoms with Gasteiger partial charge in [0, 0.05) is 37.4 Å². The number of aromatic nitrogens is 3. The number of likely N-dealkylation sites (tertiary alicyclic amines) is 1. The second kappa shape index (κ2) is 9.82. The van der Waals surface area contributed by atoms with E-state index in [1.807, 2.05) is 6.07 Å². The Balaban J connectivity index is 1.13. The number of imidazole rings is 1. The molecule has 2 aromatic heterocycles. The lowest BCUT2D eigenvalue weighted by molar-refractivity contribution is -0.0217. The number of benzene rings is 1. The van der Waals surface area contributed by atoms with Gasteiger partial charge in [-0.05, 0) is 48.8 Å². The van der Waals surface area contributed by atoms with Crippen molar-refractivity contribution in [2.75, 3.05) is 44.3 Å². The minimum absolute atomic E-state index is 0.126. The second-order valence-electron chi connectivity index (χ2n) is 10.7. The number of aliphatic hydroxyl groups excluding tert-OH is 1. The summed E-state index contributed by atoms with van der Waals surface area (Å²) in [4.78, 5) is 17.2. The Morgan fingerprint density at radius 1 is 1.08 bits per heavy atom. The summed E-state index contributed by atoms with van der Waals surface area (Å²) in [5.74, 6) is 1.37. The first-order chi connectivity index (χ1) is 17.4. The normalized spacial score (nSPS) is 25.6. The number of hydrogen-bond acceptors (Lipinski definition) is 7. The number of ether oxygens (including phenoxy) is 2. The molecule has 3 aromatic rings. The first-order valence-electron chi connectivity index (χ1n) is 13.0. The molecule has 1 aromatic carbocycles. The molecule has 1 saturated carbocycles. The lowest BCUT2D eigenvalue weighted by Crippen LogP contribution is -2.38. The Morgan fingerprint density at radius 2 is 1.78 bits per heavy atom. The van der Waals surface area contributed by atoms with E-state index in [2.05, 4.69) is 57.9 Å². The van der Waals surface area contributed by atoms with Crippen LogP contribution in [0.4, 0.5) is 5.69 Å². The van der Waals surface area contributed by atoms with Crippen molar-refractivity contribution in [1.82, 2.24) is 19.9 Å². The number of halogens is 1. The first-order valence-corrected chi connectivity index (χ1v) is 13.4. The Kier molecular flexibility index (Phi) is 6.54. The van der Waals surface area contributed by atoms with Gasteiger partial charge in [0.1, 0.15) is 12.3 Å². The summed E-state index contributed by atoms with van der Waals surface area (Å²) in [5, 5.41) is 11.0. The average molecular weight is 512 g/mol. The molecule has 6 rings (SSSR count). The molecule has 2 saturated heterocycles. The lowest BCUT2D eigenvalue weighted by Gasteiger charge is -2.28. The van der Waals surface area contributed by atoms with E-state index in [4.69, 9.17) is 26.1 Å². The van der Waals surface area contributed by atoms with E-state index in [9.17, 15) is 5.11 Å². The topological polar surface area (TPSA) is 86.7 Å². The molecule has 2 unspecified atom stereocenters. The lowest BCUT2D eigenvalue weighted by atomic mass is 10.0. The molecule has 3 aliphatic rings. The highest BCUT2D eigenvalue weighted by Gasteiger charge is 2.44. The van der Waals surface area contributed by atoms with E-state index in [-0.39, 0.29) is 18.2 Å². The summed E-state index contributed by atoms with van der Waals surface area (Å²) in [6, 6.07) is 10.7. The number of aromatic amines is 1. The molecule has 2 aliphatic heterocycles. The zero-order valence-corrected chi connectivity index (χ0v) is 21.6. The fourth-order valence-electron chi connectivity index (χ4n) is 5.98. The molecular weight excluding hydrogens is 478 g/mol. The van der Waals surface area contributed by atoms with Crippen molar-refractivity contribution in [3.63, 3.8) is 0 Å². The molecule has 3 fully saturated rings. The van der Waals surface area contributed by atoms with E-state index in [0.29, 0.717) is 28.5 Å². The maximum Gasteiger partial charge on any atom is 0.296 e. The van der Waals surface area contributed by atoms with Crippen LogP contribution in [0.25, 0.3) is 22.4 Å². The predicted octanol–water partition coefficient (Wildman–Crippen LogP) is 4.18. The van der Waals surface area contributed by atoms with Crippen molar-refractivity contribution < 1.29 is 14.6 Å². The van der Waals surface area contributed by atoms with Crippen LogP contribution in [0.1, 0.15) is 26.7 Å². The van der Waals surface area contributed by atoms with Gasteiger partial charge in [-0.2, -0.15) is 4.98 Å². The van der Waals surface area contributed by atoms with E-state index < -0.39 is 0 Å². The summed E-state index contributed by atoms with van der Waals surface area (Å²) < 4.78 is 11.7. The third-order valence-corrected chi connectivity index (χ3v) is 8.19. The molecule has 8 nitrogen and oxygen atoms in total. The largest absolute Gasteiger partial charge is 0.461 e. The average Bonchev–Trinajstić information content (AvgIpc) is 3.56. The summed E-state index contributed by atoms with van der Waals surface area (Å²) in [6.45, 7) is 9.34. The number of aliphatic hydroxyl groups is 1. The van der Waals surface area contributed by atoms with Crippen LogP contribution in [0.2, 0.25) is 5.02 Å². The number of nitrogens with one attached hydrogen (secondary N) is 1. The number of hydrogen-bond donors (Lipinski definition) is 2. The predicted molar refractivity (Wildman–Crippen MR) is 140 cm³/mol. The number of rotatable bonds is 6. The zero-order chi connectivity index (χ0) is 24.8. The van der Waals surface area contributed by atoms with Gasteiger partial charge in [0.25, 0.3) is 6.01 Å². The fraction of sp³-hybridized carbons (Fsp3) is 0.556. The number of fused-ring (bicyclic) bond motifs is 2. The van der Waals surface area contributed by atoms with Gasteiger partial charge in [0.2, 0.25) is 0 Å². The molecular formula is C27H34ClN5O3. The summed E-state index contributed by atoms with van der Waals surface area (Å²) in [6.07, 6.45) is 1.74. The maximum absolute atomic E-state index is 10.4. The third kappa shape index (κ3) is 4.67. The van der Waals surface area contributed by atoms with Gasteiger partial charge in [-0.3, -0.25) is 4.90 Å². The van der Waals surface area contributed by atoms with Crippen molar-refractivity contribution >= 4 is 28.5 Å². The number of nitrogens with zero attached hydrogens (tertiary/aromatic N) is 4. The molecule has 4 heterocycles. The van der Waals surface area contributed by atoms with Crippen LogP contribution in [0.5, 0.6) is 6.01 Å². The molecule has 0 bridgehead atoms. The summed E-state index contributed by atoms with van der Waals surface area (Å²) in [5.41, 5.74) is 4.23. The minimum Gasteiger partial charge on any atom is -0.461 e. The number of H-pyrrole nitrogens is 1. The summed E-state index contributed by atoms with van der Waals surface area (Å²) >= 11 is 6.63. The van der Waals surface area contributed by atoms with Crippen LogP contribution < -0.4 is 9.64 Å². The highest BCUT2D eigenvalue weighted by molar-refractivity contribution is 6.33. The van der Waals surface area contributed by atoms with Gasteiger partial charge < -0.3 is 24.5 Å². The van der Waals surface area contributed by atoms with Crippen LogP contribution >= 0.6 is 11.6 Å². The van der Waals surface area contributed by atoms with Crippen LogP contribution in [0.15, 0.2) is 30.3 Å². The van der Waals surface area contributed by atoms with Gasteiger partial charge in [-0.1, -0.05) is 37.6 Å². The van der Waals surface area contributed by atoms with Crippen molar-refractivity contribution in [1.29, 1.82) is 0 Å². The van der Waals surface area contributed by atoms with Crippen molar-refractivity contribution in [2.24, 2.45) is 17.8 Å². The monoisotopic (exact) mass is 511 g/mol. The Labute approximate surface area is 216 Å². The van der Waals surface area contributed by atoms with E-state index in [1.165, 1.54) is 5.69 Å². The van der Waals surface area contributed by atoms with E-state index in [0.717, 1.165) is 69.0 Å². The molecule has 36 heavy (non-hydrogen) atoms. The van der Waals surface area contributed by atoms with Gasteiger partial charge in [0.15, 0.2) is 5.65 Å². The van der Waals surface area contributed by atoms with E-state index in [1.54, 1.807) is 0 Å². The van der Waals surface area contributed by atoms with Crippen LogP contribution in [-0.4, -0.2) is 76.7 Å². The quantitative estimate of drug-likeness (QED) is 0.513. The highest BCUT2D eigenvalue weighted by Crippen LogP contribution is 2.41. The van der Waals surface area contributed by atoms with Gasteiger partial charge in [-0.25, -0.2) is 4.98 Å². The van der Waals surface area contributed by atoms with Crippen molar-refractivity contribution in [3.8, 4) is 17.3 Å². The van der Waals surface area contributed by atoms with Crippen molar-refractivity contribution in [3.05, 3.63) is 35.4 Å². The maximum atomic E-state index is 10.4. The van der Waals surface area contributed by atoms with E-state index >= 15 is 0 Å². The van der Waals surface area contributed by atoms with Gasteiger partial charge in [0.05, 0.1) is 29.4 Å². The molecule has 192 valence electrons. The second-order valence-corrected chi connectivity index (χ2v) is 11.1. The SMILES string of the molecule is CC(C)C(O)N1C[C@H]2CC(Oc3nc4nc(-c5ccc(N6CCOCC6)cc5)c(Cl)cc4[nH]3)C[C@H]2C1. The van der Waals surface area contributed by atoms with Crippen LogP contribution in [-0.2, 0) is 4.74 Å². The zero-order valence-electron chi connectivity index (χ0n) is 20.9. The first kappa shape index (κ1) is 24.0. The van der Waals surface area contributed by atoms with Crippen LogP contribution in [0.3, 0.4) is 0 Å². The Morgan fingerprint density at radius 3 is 2.44 bits per heavy atom. The molecule has 2 N–H and O–H groups in total. The smallest absolute Gasteiger partial charge is 0.296 e. The fourth-order valence-corrected chi connectivity index (χ4v) is 6.24. The molecule has 1 aliphatic carbocycles. The molecule has 4 atom stereocenters. The molecule has 0 radical (unpaired) electrons. The number of anilines is 1. The highest BCUT2D eigenvalue weighted by atomic mass is 35.5. The Hall–Kier alpha value is -2.39. The number of pyridine rings is 1. The number of morpholine rings is 1. The minimum atomic E-state index is -0.356. The molecule has 9 heteroatoms. The Bertz CT molecular complexity index is 1200. The van der Waals surface area contributed by atoms with Crippen molar-refractivity contribution in [2.45, 2.75) is 39.0 Å². The van der Waals surface area contributed by atoms with Crippen LogP contribution in [0, 0.1) is 17.8 Å². The van der Waals surface area contributed by atoms with Gasteiger partial charge in [-0.15, -0.1) is 0 Å². The summed E-state index contributed by atoms with van der Waals surface area (Å²) in [7, 11) is 0. The molecule has 0 spiro atoms. The van der Waals surface area contributed by atoms with Gasteiger partial charge >= 0.3 is 0 Å².